The van der Waals surface area contributed by atoms with E-state index in [1.54, 1.807) is 4.90 Å². The summed E-state index contributed by atoms with van der Waals surface area (Å²) >= 11 is 2.75. The Morgan fingerprint density at radius 1 is 1.12 bits per heavy atom. The van der Waals surface area contributed by atoms with Crippen LogP contribution in [0.25, 0.3) is 0 Å². The van der Waals surface area contributed by atoms with Crippen molar-refractivity contribution in [3.63, 3.8) is 0 Å². The Morgan fingerprint density at radius 2 is 1.88 bits per heavy atom. The van der Waals surface area contributed by atoms with Gasteiger partial charge in [0.2, 0.25) is 11.8 Å². The quantitative estimate of drug-likeness (QED) is 0.286. The number of anilines is 2. The van der Waals surface area contributed by atoms with E-state index in [-0.39, 0.29) is 24.3 Å². The molecule has 0 saturated carbocycles. The van der Waals surface area contributed by atoms with Crippen molar-refractivity contribution in [3.8, 4) is 6.07 Å². The van der Waals surface area contributed by atoms with Gasteiger partial charge >= 0.3 is 6.09 Å². The first-order chi connectivity index (χ1) is 19.6. The molecule has 214 valence electrons. The number of thiophene rings is 1. The SMILES string of the molecule is CCC(Sc1cccc(NC(=O)Cc2ccccc2)c1)C(=O)Nc1sc2c(c1C#N)CCN(C(=O)OC(C)(C)C)C2. The molecule has 3 amide bonds. The van der Waals surface area contributed by atoms with Crippen LogP contribution in [0.15, 0.2) is 59.5 Å². The molecule has 2 heterocycles. The standard InChI is InChI=1S/C31H34N4O4S2/c1-5-25(40-22-13-9-12-21(17-22)33-27(36)16-20-10-7-6-8-11-20)28(37)34-29-24(18-32)23-14-15-35(19-26(23)41-29)30(38)39-31(2,3)4/h6-13,17,25H,5,14-16,19H2,1-4H3,(H,33,36)(H,34,37). The Bertz CT molecular complexity index is 1460. The predicted octanol–water partition coefficient (Wildman–Crippen LogP) is 6.60. The maximum atomic E-state index is 13.3. The molecule has 0 fully saturated rings. The molecule has 2 N–H and O–H groups in total. The maximum absolute atomic E-state index is 13.3. The molecular formula is C31H34N4O4S2. The number of hydrogen-bond acceptors (Lipinski definition) is 7. The number of benzene rings is 2. The number of rotatable bonds is 8. The fourth-order valence-electron chi connectivity index (χ4n) is 4.40. The lowest BCUT2D eigenvalue weighted by Crippen LogP contribution is -2.39. The van der Waals surface area contributed by atoms with Crippen molar-refractivity contribution in [1.82, 2.24) is 4.90 Å². The monoisotopic (exact) mass is 590 g/mol. The number of amides is 3. The lowest BCUT2D eigenvalue weighted by atomic mass is 10.0. The highest BCUT2D eigenvalue weighted by Crippen LogP contribution is 2.38. The van der Waals surface area contributed by atoms with Crippen molar-refractivity contribution in [2.75, 3.05) is 17.2 Å². The molecule has 1 aliphatic rings. The Morgan fingerprint density at radius 3 is 2.56 bits per heavy atom. The average molecular weight is 591 g/mol. The molecule has 0 bridgehead atoms. The summed E-state index contributed by atoms with van der Waals surface area (Å²) in [6.45, 7) is 8.21. The van der Waals surface area contributed by atoms with Crippen LogP contribution in [0, 0.1) is 11.3 Å². The molecule has 4 rings (SSSR count). The molecular weight excluding hydrogens is 556 g/mol. The van der Waals surface area contributed by atoms with Gasteiger partial charge in [-0.05, 0) is 62.9 Å². The number of ether oxygens (including phenoxy) is 1. The summed E-state index contributed by atoms with van der Waals surface area (Å²) in [7, 11) is 0. The van der Waals surface area contributed by atoms with E-state index in [0.717, 1.165) is 20.9 Å². The molecule has 1 unspecified atom stereocenters. The summed E-state index contributed by atoms with van der Waals surface area (Å²) in [5, 5.41) is 15.9. The number of fused-ring (bicyclic) bond motifs is 1. The third-order valence-corrected chi connectivity index (χ3v) is 8.81. The fraction of sp³-hybridized carbons (Fsp3) is 0.355. The zero-order valence-corrected chi connectivity index (χ0v) is 25.3. The lowest BCUT2D eigenvalue weighted by Gasteiger charge is -2.29. The second-order valence-electron chi connectivity index (χ2n) is 10.7. The lowest BCUT2D eigenvalue weighted by molar-refractivity contribution is -0.116. The molecule has 1 aliphatic heterocycles. The van der Waals surface area contributed by atoms with Crippen LogP contribution in [0.1, 0.15) is 55.7 Å². The van der Waals surface area contributed by atoms with E-state index < -0.39 is 10.9 Å². The molecule has 2 aromatic carbocycles. The van der Waals surface area contributed by atoms with Crippen LogP contribution in [0.2, 0.25) is 0 Å². The summed E-state index contributed by atoms with van der Waals surface area (Å²) in [4.78, 5) is 41.8. The topological polar surface area (TPSA) is 112 Å². The smallest absolute Gasteiger partial charge is 0.410 e. The summed E-state index contributed by atoms with van der Waals surface area (Å²) in [5.41, 5.74) is 2.35. The van der Waals surface area contributed by atoms with Gasteiger partial charge in [0.05, 0.1) is 23.8 Å². The molecule has 41 heavy (non-hydrogen) atoms. The van der Waals surface area contributed by atoms with E-state index in [4.69, 9.17) is 4.74 Å². The first-order valence-corrected chi connectivity index (χ1v) is 15.2. The average Bonchev–Trinajstić information content (AvgIpc) is 3.27. The van der Waals surface area contributed by atoms with Crippen molar-refractivity contribution in [2.45, 2.75) is 69.2 Å². The normalized spacial score (nSPS) is 13.5. The Labute approximate surface area is 249 Å². The molecule has 1 aromatic heterocycles. The van der Waals surface area contributed by atoms with Crippen molar-refractivity contribution >= 4 is 51.7 Å². The molecule has 0 saturated heterocycles. The number of hydrogen-bond donors (Lipinski definition) is 2. The molecule has 10 heteroatoms. The van der Waals surface area contributed by atoms with Crippen molar-refractivity contribution < 1.29 is 19.1 Å². The largest absolute Gasteiger partial charge is 0.444 e. The van der Waals surface area contributed by atoms with Crippen molar-refractivity contribution in [3.05, 3.63) is 76.2 Å². The van der Waals surface area contributed by atoms with Gasteiger partial charge in [-0.25, -0.2) is 4.79 Å². The van der Waals surface area contributed by atoms with Gasteiger partial charge in [0, 0.05) is 22.0 Å². The highest BCUT2D eigenvalue weighted by molar-refractivity contribution is 8.00. The van der Waals surface area contributed by atoms with Crippen LogP contribution in [-0.2, 0) is 33.7 Å². The fourth-order valence-corrected chi connectivity index (χ4v) is 6.63. The predicted molar refractivity (Wildman–Crippen MR) is 163 cm³/mol. The van der Waals surface area contributed by atoms with E-state index in [2.05, 4.69) is 16.7 Å². The van der Waals surface area contributed by atoms with E-state index in [1.165, 1.54) is 23.1 Å². The van der Waals surface area contributed by atoms with E-state index in [0.29, 0.717) is 42.2 Å². The minimum Gasteiger partial charge on any atom is -0.444 e. The number of carbonyl (C=O) groups is 3. The van der Waals surface area contributed by atoms with Gasteiger partial charge in [-0.2, -0.15) is 5.26 Å². The highest BCUT2D eigenvalue weighted by Gasteiger charge is 2.30. The second kappa shape index (κ2) is 13.2. The van der Waals surface area contributed by atoms with Crippen LogP contribution < -0.4 is 10.6 Å². The Balaban J connectivity index is 1.40. The maximum Gasteiger partial charge on any atom is 0.410 e. The molecule has 1 atom stereocenters. The van der Waals surface area contributed by atoms with Crippen LogP contribution in [0.5, 0.6) is 0 Å². The van der Waals surface area contributed by atoms with Crippen molar-refractivity contribution in [1.29, 1.82) is 5.26 Å². The van der Waals surface area contributed by atoms with Gasteiger partial charge in [0.1, 0.15) is 16.7 Å². The van der Waals surface area contributed by atoms with Gasteiger partial charge in [-0.15, -0.1) is 23.1 Å². The molecule has 0 radical (unpaired) electrons. The zero-order valence-electron chi connectivity index (χ0n) is 23.7. The highest BCUT2D eigenvalue weighted by atomic mass is 32.2. The first kappa shape index (κ1) is 30.2. The number of nitriles is 1. The first-order valence-electron chi connectivity index (χ1n) is 13.5. The molecule has 8 nitrogen and oxygen atoms in total. The van der Waals surface area contributed by atoms with E-state index >= 15 is 0 Å². The summed E-state index contributed by atoms with van der Waals surface area (Å²) in [5.74, 6) is -0.311. The minimum atomic E-state index is -0.593. The Kier molecular flexibility index (Phi) is 9.73. The van der Waals surface area contributed by atoms with Crippen LogP contribution >= 0.6 is 23.1 Å². The number of nitrogens with one attached hydrogen (secondary N) is 2. The summed E-state index contributed by atoms with van der Waals surface area (Å²) in [6, 6.07) is 19.2. The minimum absolute atomic E-state index is 0.112. The van der Waals surface area contributed by atoms with Gasteiger partial charge in [0.25, 0.3) is 0 Å². The van der Waals surface area contributed by atoms with Crippen molar-refractivity contribution in [2.24, 2.45) is 0 Å². The van der Waals surface area contributed by atoms with Gasteiger partial charge in [-0.1, -0.05) is 43.3 Å². The van der Waals surface area contributed by atoms with Crippen LogP contribution in [0.3, 0.4) is 0 Å². The van der Waals surface area contributed by atoms with Crippen LogP contribution in [0.4, 0.5) is 15.5 Å². The second-order valence-corrected chi connectivity index (χ2v) is 13.1. The van der Waals surface area contributed by atoms with Gasteiger partial charge in [0.15, 0.2) is 0 Å². The molecule has 0 aliphatic carbocycles. The van der Waals surface area contributed by atoms with E-state index in [1.807, 2.05) is 82.3 Å². The van der Waals surface area contributed by atoms with Gasteiger partial charge in [-0.3, -0.25) is 9.59 Å². The third-order valence-electron chi connectivity index (χ3n) is 6.32. The summed E-state index contributed by atoms with van der Waals surface area (Å²) < 4.78 is 5.51. The molecule has 3 aromatic rings. The number of carbonyl (C=O) groups excluding carboxylic acids is 3. The van der Waals surface area contributed by atoms with Crippen LogP contribution in [-0.4, -0.2) is 40.2 Å². The molecule has 0 spiro atoms. The zero-order chi connectivity index (χ0) is 29.6. The third kappa shape index (κ3) is 8.12. The summed E-state index contributed by atoms with van der Waals surface area (Å²) in [6.07, 6.45) is 0.986. The number of nitrogens with zero attached hydrogens (tertiary/aromatic N) is 2. The Hall–Kier alpha value is -3.81. The number of thioether (sulfide) groups is 1. The van der Waals surface area contributed by atoms with E-state index in [9.17, 15) is 19.6 Å². The van der Waals surface area contributed by atoms with Gasteiger partial charge < -0.3 is 20.3 Å².